The normalized spacial score (nSPS) is 41.1. The summed E-state index contributed by atoms with van der Waals surface area (Å²) in [6.07, 6.45) is -0.988. The zero-order valence-corrected chi connectivity index (χ0v) is 13.0. The summed E-state index contributed by atoms with van der Waals surface area (Å²) in [5, 5.41) is 11.1. The molecule has 1 heterocycles. The van der Waals surface area contributed by atoms with Gasteiger partial charge in [-0.1, -0.05) is 31.4 Å². The molecule has 126 valence electrons. The van der Waals surface area contributed by atoms with Gasteiger partial charge in [-0.05, 0) is 63.8 Å². The number of hydrogen-bond acceptors (Lipinski definition) is 2. The highest BCUT2D eigenvalue weighted by molar-refractivity contribution is 5.53. The maximum Gasteiger partial charge on any atom is 0.127 e. The van der Waals surface area contributed by atoms with Gasteiger partial charge in [-0.2, -0.15) is 0 Å². The van der Waals surface area contributed by atoms with Crippen molar-refractivity contribution in [2.75, 3.05) is 0 Å². The second-order valence-electron chi connectivity index (χ2n) is 6.02. The van der Waals surface area contributed by atoms with Crippen LogP contribution in [0.15, 0.2) is 23.7 Å². The molecule has 0 spiro atoms. The van der Waals surface area contributed by atoms with Crippen LogP contribution in [0.1, 0.15) is 95.7 Å². The van der Waals surface area contributed by atoms with E-state index in [2.05, 4.69) is 0 Å². The van der Waals surface area contributed by atoms with Gasteiger partial charge in [0.25, 0.3) is 0 Å². The Bertz CT molecular complexity index is 1080. The second-order valence-corrected chi connectivity index (χ2v) is 6.02. The van der Waals surface area contributed by atoms with Crippen LogP contribution in [-0.4, -0.2) is 10.7 Å². The van der Waals surface area contributed by atoms with Crippen LogP contribution in [0.5, 0.6) is 11.5 Å². The summed E-state index contributed by atoms with van der Waals surface area (Å²) in [5.41, 5.74) is -4.70. The lowest BCUT2D eigenvalue weighted by Gasteiger charge is -2.46. The van der Waals surface area contributed by atoms with Crippen LogP contribution < -0.4 is 4.74 Å². The minimum atomic E-state index is -3.49. The number of aromatic hydroxyl groups is 1. The van der Waals surface area contributed by atoms with E-state index in [1.54, 1.807) is 0 Å². The number of unbranched alkanes of at least 4 members (excludes halogenated alkanes) is 2. The van der Waals surface area contributed by atoms with E-state index >= 15 is 0 Å². The van der Waals surface area contributed by atoms with E-state index in [0.717, 1.165) is 12.8 Å². The smallest absolute Gasteiger partial charge is 0.127 e. The summed E-state index contributed by atoms with van der Waals surface area (Å²) in [6.45, 7) is -8.12. The average Bonchev–Trinajstić information content (AvgIpc) is 2.71. The lowest BCUT2D eigenvalue weighted by molar-refractivity contribution is 0.0107. The summed E-state index contributed by atoms with van der Waals surface area (Å²) in [4.78, 5) is 0. The van der Waals surface area contributed by atoms with Crippen molar-refractivity contribution in [2.45, 2.75) is 77.5 Å². The molecule has 2 atom stereocenters. The van der Waals surface area contributed by atoms with Gasteiger partial charge in [0.15, 0.2) is 0 Å². The van der Waals surface area contributed by atoms with Gasteiger partial charge in [-0.15, -0.1) is 0 Å². The number of benzene rings is 1. The predicted octanol–water partition coefficient (Wildman–Crippen LogP) is 5.74. The number of phenols is 1. The molecule has 0 amide bonds. The molecule has 0 bridgehead atoms. The lowest BCUT2D eigenvalue weighted by atomic mass is 9.68. The highest BCUT2D eigenvalue weighted by atomic mass is 16.5. The third-order valence-corrected chi connectivity index (χ3v) is 4.24. The van der Waals surface area contributed by atoms with E-state index in [-0.39, 0.29) is 12.0 Å². The number of allylic oxidation sites excluding steroid dienone is 2. The molecular formula is C21H30O2. The Morgan fingerprint density at radius 2 is 2.35 bits per heavy atom. The van der Waals surface area contributed by atoms with E-state index in [0.29, 0.717) is 12.5 Å². The van der Waals surface area contributed by atoms with Gasteiger partial charge in [0.05, 0.1) is 2.74 Å². The lowest BCUT2D eigenvalue weighted by Crippen LogP contribution is -2.45. The highest BCUT2D eigenvalue weighted by Gasteiger charge is 2.45. The Balaban J connectivity index is 2.53. The minimum Gasteiger partial charge on any atom is -0.507 e. The zero-order chi connectivity index (χ0) is 28.6. The maximum absolute atomic E-state index is 11.1. The Labute approximate surface area is 160 Å². The van der Waals surface area contributed by atoms with Crippen molar-refractivity contribution in [3.8, 4) is 11.5 Å². The number of fused-ring (bicyclic) bond motifs is 3. The number of phenolic OH excluding ortho intramolecular Hbond substituents is 1. The van der Waals surface area contributed by atoms with Gasteiger partial charge in [-0.3, -0.25) is 0 Å². The van der Waals surface area contributed by atoms with Crippen molar-refractivity contribution in [1.29, 1.82) is 0 Å². The van der Waals surface area contributed by atoms with Crippen molar-refractivity contribution < 1.29 is 29.0 Å². The highest BCUT2D eigenvalue weighted by Crippen LogP contribution is 2.53. The zero-order valence-electron chi connectivity index (χ0n) is 27.0. The monoisotopic (exact) mass is 328 g/mol. The third kappa shape index (κ3) is 3.13. The first-order valence-corrected chi connectivity index (χ1v) is 7.86. The largest absolute Gasteiger partial charge is 0.507 e. The van der Waals surface area contributed by atoms with Crippen molar-refractivity contribution in [2.24, 2.45) is 5.92 Å². The van der Waals surface area contributed by atoms with Crippen molar-refractivity contribution in [1.82, 2.24) is 0 Å². The molecule has 1 aliphatic carbocycles. The van der Waals surface area contributed by atoms with Crippen LogP contribution in [0, 0.1) is 5.92 Å². The van der Waals surface area contributed by atoms with Crippen LogP contribution in [0.25, 0.3) is 0 Å². The Kier molecular flexibility index (Phi) is 1.75. The van der Waals surface area contributed by atoms with Crippen molar-refractivity contribution in [3.05, 3.63) is 34.9 Å². The molecule has 1 aliphatic heterocycles. The molecule has 0 unspecified atom stereocenters. The first-order valence-electron chi connectivity index (χ1n) is 14.9. The maximum atomic E-state index is 11.1. The SMILES string of the molecule is [2H]c1c(O)c2c(c([2H])c1CCCCC)OC(C([2H])([2H])[2H])(C([2H])([2H])[2H])[C@@H]1CC([2H])([2H])C(C([2H])([2H])[2H])=C[C@@]21[2H]. The molecule has 23 heavy (non-hydrogen) atoms. The quantitative estimate of drug-likeness (QED) is 0.564. The van der Waals surface area contributed by atoms with E-state index in [9.17, 15) is 6.48 Å². The summed E-state index contributed by atoms with van der Waals surface area (Å²) in [5.74, 6) is -6.26. The fraction of sp³-hybridized carbons (Fsp3) is 0.619. The van der Waals surface area contributed by atoms with Gasteiger partial charge in [0.2, 0.25) is 0 Å². The molecule has 0 saturated carbocycles. The summed E-state index contributed by atoms with van der Waals surface area (Å²) >= 11 is 0. The molecule has 2 nitrogen and oxygen atoms in total. The molecule has 1 aromatic rings. The van der Waals surface area contributed by atoms with Crippen LogP contribution in [0.2, 0.25) is 0 Å². The Morgan fingerprint density at radius 3 is 3.09 bits per heavy atom. The topological polar surface area (TPSA) is 29.5 Å². The third-order valence-electron chi connectivity index (χ3n) is 4.24. The molecule has 1 aromatic carbocycles. The molecule has 0 radical (unpaired) electrons. The van der Waals surface area contributed by atoms with Crippen LogP contribution in [0.4, 0.5) is 0 Å². The van der Waals surface area contributed by atoms with Gasteiger partial charge in [-0.25, -0.2) is 0 Å². The average molecular weight is 329 g/mol. The molecule has 2 aliphatic rings. The van der Waals surface area contributed by atoms with Gasteiger partial charge < -0.3 is 9.84 Å². The molecule has 3 rings (SSSR count). The van der Waals surface area contributed by atoms with Crippen LogP contribution in [-0.2, 0) is 6.42 Å². The van der Waals surface area contributed by atoms with E-state index in [1.807, 2.05) is 6.92 Å². The number of ether oxygens (including phenoxy) is 1. The standard InChI is InChI=1S/C21H30O2/c1-5-6-7-8-15-12-18(22)20-16-11-14(2)9-10-17(16)21(3,4)23-19(20)13-15/h11-13,16-17,22H,5-10H2,1-4H3/t16-,17-/m1/s1/i2D3,3D3,4D3,9D2,12D,13D,16D. The molecule has 0 aromatic heterocycles. The fourth-order valence-corrected chi connectivity index (χ4v) is 3.04. The van der Waals surface area contributed by atoms with E-state index in [1.165, 1.54) is 0 Å². The molecule has 0 fully saturated rings. The Morgan fingerprint density at radius 1 is 1.48 bits per heavy atom. The van der Waals surface area contributed by atoms with Gasteiger partial charge in [0.1, 0.15) is 17.1 Å². The second kappa shape index (κ2) is 6.22. The van der Waals surface area contributed by atoms with Crippen molar-refractivity contribution >= 4 is 0 Å². The van der Waals surface area contributed by atoms with E-state index in [4.69, 9.17) is 22.6 Å². The molecule has 0 saturated heterocycles. The molecular weight excluding hydrogens is 284 g/mol. The number of hydrogen-bond donors (Lipinski definition) is 1. The summed E-state index contributed by atoms with van der Waals surface area (Å²) < 4.78 is 122. The van der Waals surface area contributed by atoms with Crippen LogP contribution >= 0.6 is 0 Å². The van der Waals surface area contributed by atoms with Gasteiger partial charge in [0, 0.05) is 33.8 Å². The fourth-order valence-electron chi connectivity index (χ4n) is 3.04. The predicted molar refractivity (Wildman–Crippen MR) is 95.3 cm³/mol. The van der Waals surface area contributed by atoms with Gasteiger partial charge >= 0.3 is 0 Å². The Hall–Kier alpha value is -1.44. The van der Waals surface area contributed by atoms with E-state index < -0.39 is 85.5 Å². The first kappa shape index (κ1) is 6.46. The minimum absolute atomic E-state index is 0.0251. The van der Waals surface area contributed by atoms with Crippen LogP contribution in [0.3, 0.4) is 0 Å². The summed E-state index contributed by atoms with van der Waals surface area (Å²) in [7, 11) is 0. The van der Waals surface area contributed by atoms with Crippen molar-refractivity contribution in [3.63, 3.8) is 0 Å². The molecule has 2 heteroatoms. The summed E-state index contributed by atoms with van der Waals surface area (Å²) in [6, 6.07) is -1.09. The molecule has 1 N–H and O–H groups in total. The number of rotatable bonds is 4. The first-order chi connectivity index (χ1) is 16.6.